The van der Waals surface area contributed by atoms with Crippen LogP contribution in [0.3, 0.4) is 0 Å². The molecular weight excluding hydrogens is 432 g/mol. The zero-order chi connectivity index (χ0) is 22.7. The van der Waals surface area contributed by atoms with Gasteiger partial charge in [-0.3, -0.25) is 9.13 Å². The molecule has 0 saturated carbocycles. The van der Waals surface area contributed by atoms with E-state index in [0.717, 1.165) is 51.7 Å². The summed E-state index contributed by atoms with van der Waals surface area (Å²) in [5, 5.41) is 0. The summed E-state index contributed by atoms with van der Waals surface area (Å²) in [4.78, 5) is 26.3. The van der Waals surface area contributed by atoms with Gasteiger partial charge in [0.05, 0.1) is 12.7 Å². The summed E-state index contributed by atoms with van der Waals surface area (Å²) in [6.45, 7) is 1.50. The summed E-state index contributed by atoms with van der Waals surface area (Å²) in [6, 6.07) is 0. The van der Waals surface area contributed by atoms with E-state index < -0.39 is 0 Å². The summed E-state index contributed by atoms with van der Waals surface area (Å²) < 4.78 is 15.7. The van der Waals surface area contributed by atoms with Gasteiger partial charge in [0.15, 0.2) is 11.3 Å². The van der Waals surface area contributed by atoms with Crippen molar-refractivity contribution >= 4 is 22.3 Å². The highest BCUT2D eigenvalue weighted by molar-refractivity contribution is 5.78. The number of hydrogen-bond donors (Lipinski definition) is 0. The standard InChI is InChI=1S/C24H22N8O2/c1(7-17-21-23(27-13-25-17)31(15-29-21)19-9-3-5-11-33-19)2-8-18-22-24(28-14-26-18)32(16-30-22)20-10-4-6-12-34-20/h13-16,19-20H,3-6,9-12H2. The quantitative estimate of drug-likeness (QED) is 0.426. The predicted octanol–water partition coefficient (Wildman–Crippen LogP) is 2.77. The third kappa shape index (κ3) is 3.87. The van der Waals surface area contributed by atoms with Gasteiger partial charge in [0, 0.05) is 13.2 Å². The monoisotopic (exact) mass is 454 g/mol. The summed E-state index contributed by atoms with van der Waals surface area (Å²) in [6.07, 6.45) is 12.7. The van der Waals surface area contributed by atoms with Gasteiger partial charge in [-0.2, -0.15) is 0 Å². The molecule has 4 aromatic heterocycles. The summed E-state index contributed by atoms with van der Waals surface area (Å²) in [7, 11) is 0. The van der Waals surface area contributed by atoms with E-state index in [1.807, 2.05) is 9.13 Å². The van der Waals surface area contributed by atoms with Crippen LogP contribution < -0.4 is 0 Å². The second-order valence-corrected chi connectivity index (χ2v) is 8.24. The number of imidazole rings is 2. The first kappa shape index (κ1) is 20.7. The van der Waals surface area contributed by atoms with Crippen LogP contribution in [0.5, 0.6) is 0 Å². The van der Waals surface area contributed by atoms with E-state index in [4.69, 9.17) is 9.47 Å². The highest BCUT2D eigenvalue weighted by Crippen LogP contribution is 2.27. The first-order valence-electron chi connectivity index (χ1n) is 11.5. The molecule has 34 heavy (non-hydrogen) atoms. The van der Waals surface area contributed by atoms with Crippen LogP contribution in [-0.2, 0) is 9.47 Å². The maximum absolute atomic E-state index is 5.87. The van der Waals surface area contributed by atoms with Crippen LogP contribution in [0.1, 0.15) is 62.4 Å². The van der Waals surface area contributed by atoms with Crippen LogP contribution in [0.2, 0.25) is 0 Å². The highest BCUT2D eigenvalue weighted by atomic mass is 16.5. The normalized spacial score (nSPS) is 20.5. The van der Waals surface area contributed by atoms with Crippen molar-refractivity contribution in [3.8, 4) is 23.7 Å². The molecule has 2 unspecified atom stereocenters. The molecule has 0 aromatic carbocycles. The number of rotatable bonds is 2. The first-order valence-corrected chi connectivity index (χ1v) is 11.5. The van der Waals surface area contributed by atoms with Crippen molar-refractivity contribution in [3.05, 3.63) is 36.7 Å². The van der Waals surface area contributed by atoms with E-state index in [9.17, 15) is 0 Å². The Kier molecular flexibility index (Phi) is 5.60. The van der Waals surface area contributed by atoms with Crippen LogP contribution in [0.25, 0.3) is 22.3 Å². The fourth-order valence-corrected chi connectivity index (χ4v) is 4.38. The Hall–Kier alpha value is -3.86. The third-order valence-electron chi connectivity index (χ3n) is 6.07. The number of hydrogen-bond acceptors (Lipinski definition) is 8. The molecule has 6 rings (SSSR count). The SMILES string of the molecule is C(C#Cc1ncnc2c1ncn2C1CCCCO1)#Cc1ncnc2c1ncn2C1CCCCO1. The lowest BCUT2D eigenvalue weighted by Gasteiger charge is -2.23. The molecule has 2 aliphatic heterocycles. The molecule has 4 aromatic rings. The van der Waals surface area contributed by atoms with Crippen LogP contribution in [-0.4, -0.2) is 52.3 Å². The number of fused-ring (bicyclic) bond motifs is 2. The first-order chi connectivity index (χ1) is 16.9. The Morgan fingerprint density at radius 3 is 1.59 bits per heavy atom. The van der Waals surface area contributed by atoms with E-state index in [2.05, 4.69) is 53.6 Å². The lowest BCUT2D eigenvalue weighted by molar-refractivity contribution is -0.0299. The zero-order valence-electron chi connectivity index (χ0n) is 18.5. The Balaban J connectivity index is 1.27. The average Bonchev–Trinajstić information content (AvgIpc) is 3.53. The summed E-state index contributed by atoms with van der Waals surface area (Å²) >= 11 is 0. The zero-order valence-corrected chi connectivity index (χ0v) is 18.5. The van der Waals surface area contributed by atoms with E-state index >= 15 is 0 Å². The lowest BCUT2D eigenvalue weighted by Crippen LogP contribution is -2.17. The average molecular weight is 454 g/mol. The molecule has 10 nitrogen and oxygen atoms in total. The van der Waals surface area contributed by atoms with Crippen LogP contribution in [0.4, 0.5) is 0 Å². The maximum atomic E-state index is 5.87. The molecular formula is C24H22N8O2. The van der Waals surface area contributed by atoms with Gasteiger partial charge >= 0.3 is 0 Å². The van der Waals surface area contributed by atoms with Gasteiger partial charge in [0.2, 0.25) is 0 Å². The Morgan fingerprint density at radius 1 is 0.647 bits per heavy atom. The maximum Gasteiger partial charge on any atom is 0.166 e. The number of ether oxygens (including phenoxy) is 2. The minimum Gasteiger partial charge on any atom is -0.358 e. The van der Waals surface area contributed by atoms with Gasteiger partial charge in [-0.1, -0.05) is 0 Å². The minimum absolute atomic E-state index is 0.0479. The van der Waals surface area contributed by atoms with Gasteiger partial charge in [-0.15, -0.1) is 0 Å². The number of nitrogens with zero attached hydrogens (tertiary/aromatic N) is 8. The second-order valence-electron chi connectivity index (χ2n) is 8.24. The van der Waals surface area contributed by atoms with Crippen molar-refractivity contribution in [3.63, 3.8) is 0 Å². The third-order valence-corrected chi connectivity index (χ3v) is 6.07. The van der Waals surface area contributed by atoms with Gasteiger partial charge in [0.1, 0.15) is 47.5 Å². The molecule has 0 N–H and O–H groups in total. The fourth-order valence-electron chi connectivity index (χ4n) is 4.38. The Labute approximate surface area is 195 Å². The van der Waals surface area contributed by atoms with Crippen molar-refractivity contribution in [2.24, 2.45) is 0 Å². The molecule has 0 amide bonds. The van der Waals surface area contributed by atoms with Crippen molar-refractivity contribution < 1.29 is 9.47 Å². The van der Waals surface area contributed by atoms with Crippen molar-refractivity contribution in [2.75, 3.05) is 13.2 Å². The summed E-state index contributed by atoms with van der Waals surface area (Å²) in [5.74, 6) is 11.7. The Bertz CT molecular complexity index is 1340. The second kappa shape index (κ2) is 9.18. The summed E-state index contributed by atoms with van der Waals surface area (Å²) in [5.41, 5.74) is 3.77. The van der Waals surface area contributed by atoms with Gasteiger partial charge < -0.3 is 9.47 Å². The van der Waals surface area contributed by atoms with Crippen molar-refractivity contribution in [1.29, 1.82) is 0 Å². The molecule has 2 saturated heterocycles. The predicted molar refractivity (Wildman–Crippen MR) is 122 cm³/mol. The van der Waals surface area contributed by atoms with E-state index in [1.54, 1.807) is 12.7 Å². The molecule has 2 fully saturated rings. The topological polar surface area (TPSA) is 106 Å². The lowest BCUT2D eigenvalue weighted by atomic mass is 10.2. The molecule has 6 heterocycles. The van der Waals surface area contributed by atoms with Gasteiger partial charge in [-0.25, -0.2) is 29.9 Å². The van der Waals surface area contributed by atoms with Crippen LogP contribution in [0, 0.1) is 23.7 Å². The van der Waals surface area contributed by atoms with E-state index in [-0.39, 0.29) is 12.5 Å². The molecule has 0 bridgehead atoms. The minimum atomic E-state index is -0.0479. The highest BCUT2D eigenvalue weighted by Gasteiger charge is 2.21. The molecule has 0 aliphatic carbocycles. The smallest absolute Gasteiger partial charge is 0.166 e. The van der Waals surface area contributed by atoms with Crippen LogP contribution >= 0.6 is 0 Å². The van der Waals surface area contributed by atoms with Crippen molar-refractivity contribution in [1.82, 2.24) is 39.0 Å². The van der Waals surface area contributed by atoms with Gasteiger partial charge in [-0.05, 0) is 62.2 Å². The molecule has 2 aliphatic rings. The molecule has 170 valence electrons. The molecule has 2 atom stereocenters. The number of aromatic nitrogens is 8. The molecule has 10 heteroatoms. The van der Waals surface area contributed by atoms with Gasteiger partial charge in [0.25, 0.3) is 0 Å². The van der Waals surface area contributed by atoms with Crippen LogP contribution in [0.15, 0.2) is 25.3 Å². The molecule has 0 radical (unpaired) electrons. The van der Waals surface area contributed by atoms with Crippen molar-refractivity contribution in [2.45, 2.75) is 51.0 Å². The fraction of sp³-hybridized carbons (Fsp3) is 0.417. The van der Waals surface area contributed by atoms with E-state index in [0.29, 0.717) is 33.7 Å². The molecule has 0 spiro atoms. The largest absolute Gasteiger partial charge is 0.358 e. The Morgan fingerprint density at radius 2 is 1.15 bits per heavy atom. The van der Waals surface area contributed by atoms with E-state index in [1.165, 1.54) is 12.7 Å².